The van der Waals surface area contributed by atoms with Gasteiger partial charge in [-0.2, -0.15) is 0 Å². The van der Waals surface area contributed by atoms with Crippen LogP contribution in [-0.2, 0) is 10.0 Å². The second-order valence-corrected chi connectivity index (χ2v) is 7.76. The Morgan fingerprint density at radius 3 is 2.38 bits per heavy atom. The van der Waals surface area contributed by atoms with Crippen molar-refractivity contribution in [3.63, 3.8) is 0 Å². The minimum Gasteiger partial charge on any atom is -0.493 e. The number of rotatable bonds is 8. The highest BCUT2D eigenvalue weighted by Crippen LogP contribution is 2.18. The van der Waals surface area contributed by atoms with E-state index in [1.54, 1.807) is 31.2 Å². The van der Waals surface area contributed by atoms with Crippen LogP contribution >= 0.6 is 0 Å². The first-order valence-electron chi connectivity index (χ1n) is 7.75. The Labute approximate surface area is 142 Å². The van der Waals surface area contributed by atoms with E-state index in [9.17, 15) is 13.5 Å². The fourth-order valence-corrected chi connectivity index (χ4v) is 3.02. The second-order valence-electron chi connectivity index (χ2n) is 5.99. The van der Waals surface area contributed by atoms with E-state index in [0.717, 1.165) is 0 Å². The van der Waals surface area contributed by atoms with Crippen LogP contribution < -0.4 is 9.46 Å². The molecule has 132 valence electrons. The van der Waals surface area contributed by atoms with E-state index in [0.29, 0.717) is 29.8 Å². The van der Waals surface area contributed by atoms with E-state index in [1.807, 2.05) is 13.8 Å². The first-order chi connectivity index (χ1) is 11.3. The zero-order chi connectivity index (χ0) is 17.7. The fourth-order valence-electron chi connectivity index (χ4n) is 1.98. The van der Waals surface area contributed by atoms with Crippen LogP contribution in [0.5, 0.6) is 5.75 Å². The van der Waals surface area contributed by atoms with Crippen molar-refractivity contribution in [1.29, 1.82) is 0 Å². The van der Waals surface area contributed by atoms with Crippen LogP contribution in [0.1, 0.15) is 31.5 Å². The Morgan fingerprint density at radius 1 is 1.17 bits per heavy atom. The number of hydrogen-bond acceptors (Lipinski definition) is 5. The van der Waals surface area contributed by atoms with E-state index in [1.165, 1.54) is 12.1 Å². The summed E-state index contributed by atoms with van der Waals surface area (Å²) < 4.78 is 37.7. The van der Waals surface area contributed by atoms with Crippen molar-refractivity contribution in [3.05, 3.63) is 47.9 Å². The highest BCUT2D eigenvalue weighted by atomic mass is 32.2. The summed E-state index contributed by atoms with van der Waals surface area (Å²) in [5, 5.41) is 9.97. The number of hydrogen-bond donors (Lipinski definition) is 2. The first kappa shape index (κ1) is 18.5. The largest absolute Gasteiger partial charge is 0.493 e. The standard InChI is InChI=1S/C17H23NO5S/c1-12(2)11-22-14-5-7-15(8-6-14)24(20,21)18-10-16(19)17-9-4-13(3)23-17/h4-9,12,16,18-19H,10-11H2,1-3H3. The van der Waals surface area contributed by atoms with Crippen molar-refractivity contribution in [2.75, 3.05) is 13.2 Å². The Bertz CT molecular complexity index is 750. The van der Waals surface area contributed by atoms with Gasteiger partial charge in [-0.1, -0.05) is 13.8 Å². The summed E-state index contributed by atoms with van der Waals surface area (Å²) in [6.07, 6.45) is -1.04. The molecular weight excluding hydrogens is 330 g/mol. The summed E-state index contributed by atoms with van der Waals surface area (Å²) >= 11 is 0. The maximum atomic E-state index is 12.3. The third-order valence-corrected chi connectivity index (χ3v) is 4.71. The number of aliphatic hydroxyl groups excluding tert-OH is 1. The molecule has 0 aliphatic rings. The molecule has 0 aliphatic carbocycles. The maximum absolute atomic E-state index is 12.3. The highest BCUT2D eigenvalue weighted by Gasteiger charge is 2.18. The van der Waals surface area contributed by atoms with Crippen LogP contribution in [0.15, 0.2) is 45.7 Å². The van der Waals surface area contributed by atoms with Gasteiger partial charge in [0.2, 0.25) is 10.0 Å². The molecule has 0 amide bonds. The molecule has 0 bridgehead atoms. The molecule has 0 fully saturated rings. The minimum absolute atomic E-state index is 0.113. The molecule has 1 unspecified atom stereocenters. The number of furan rings is 1. The average molecular weight is 353 g/mol. The van der Waals surface area contributed by atoms with Gasteiger partial charge in [-0.25, -0.2) is 13.1 Å². The van der Waals surface area contributed by atoms with Gasteiger partial charge in [0.05, 0.1) is 11.5 Å². The zero-order valence-corrected chi connectivity index (χ0v) is 14.8. The van der Waals surface area contributed by atoms with Crippen LogP contribution in [0, 0.1) is 12.8 Å². The molecule has 0 radical (unpaired) electrons. The number of sulfonamides is 1. The molecule has 1 aromatic heterocycles. The smallest absolute Gasteiger partial charge is 0.240 e. The van der Waals surface area contributed by atoms with Gasteiger partial charge in [0.15, 0.2) is 0 Å². The van der Waals surface area contributed by atoms with E-state index in [4.69, 9.17) is 9.15 Å². The summed E-state index contributed by atoms with van der Waals surface area (Å²) in [5.41, 5.74) is 0. The molecule has 2 N–H and O–H groups in total. The third kappa shape index (κ3) is 5.09. The van der Waals surface area contributed by atoms with Crippen molar-refractivity contribution in [2.45, 2.75) is 31.8 Å². The molecule has 0 spiro atoms. The summed E-state index contributed by atoms with van der Waals surface area (Å²) in [6.45, 7) is 6.23. The lowest BCUT2D eigenvalue weighted by molar-refractivity contribution is 0.152. The number of aliphatic hydroxyl groups is 1. The molecule has 0 saturated carbocycles. The topological polar surface area (TPSA) is 88.8 Å². The van der Waals surface area contributed by atoms with E-state index in [-0.39, 0.29) is 11.4 Å². The van der Waals surface area contributed by atoms with Crippen LogP contribution in [-0.4, -0.2) is 26.7 Å². The van der Waals surface area contributed by atoms with E-state index in [2.05, 4.69) is 4.72 Å². The normalized spacial score (nSPS) is 13.2. The molecule has 1 aromatic carbocycles. The SMILES string of the molecule is Cc1ccc(C(O)CNS(=O)(=O)c2ccc(OCC(C)C)cc2)o1. The average Bonchev–Trinajstić information content (AvgIpc) is 2.97. The molecule has 2 rings (SSSR count). The number of benzene rings is 1. The summed E-state index contributed by atoms with van der Waals surface area (Å²) in [5.74, 6) is 1.99. The quantitative estimate of drug-likeness (QED) is 0.761. The second kappa shape index (κ2) is 7.83. The van der Waals surface area contributed by atoms with Crippen LogP contribution in [0.4, 0.5) is 0 Å². The molecule has 1 heterocycles. The Kier molecular flexibility index (Phi) is 6.04. The maximum Gasteiger partial charge on any atom is 0.240 e. The predicted molar refractivity (Wildman–Crippen MR) is 90.4 cm³/mol. The predicted octanol–water partition coefficient (Wildman–Crippen LogP) is 2.63. The van der Waals surface area contributed by atoms with Crippen molar-refractivity contribution in [2.24, 2.45) is 5.92 Å². The molecular formula is C17H23NO5S. The number of aryl methyl sites for hydroxylation is 1. The Balaban J connectivity index is 1.97. The molecule has 1 atom stereocenters. The van der Waals surface area contributed by atoms with Crippen LogP contribution in [0.2, 0.25) is 0 Å². The lowest BCUT2D eigenvalue weighted by atomic mass is 10.2. The first-order valence-corrected chi connectivity index (χ1v) is 9.23. The van der Waals surface area contributed by atoms with Crippen molar-refractivity contribution in [1.82, 2.24) is 4.72 Å². The minimum atomic E-state index is -3.71. The summed E-state index contributed by atoms with van der Waals surface area (Å²) in [4.78, 5) is 0.113. The van der Waals surface area contributed by atoms with Gasteiger partial charge in [0.25, 0.3) is 0 Å². The lowest BCUT2D eigenvalue weighted by Gasteiger charge is -2.12. The monoisotopic (exact) mass is 353 g/mol. The summed E-state index contributed by atoms with van der Waals surface area (Å²) in [6, 6.07) is 9.51. The van der Waals surface area contributed by atoms with Gasteiger partial charge in [-0.15, -0.1) is 0 Å². The van der Waals surface area contributed by atoms with Crippen molar-refractivity contribution in [3.8, 4) is 5.75 Å². The third-order valence-electron chi connectivity index (χ3n) is 3.27. The van der Waals surface area contributed by atoms with E-state index >= 15 is 0 Å². The van der Waals surface area contributed by atoms with Crippen molar-refractivity contribution >= 4 is 10.0 Å². The molecule has 0 saturated heterocycles. The molecule has 7 heteroatoms. The highest BCUT2D eigenvalue weighted by molar-refractivity contribution is 7.89. The van der Waals surface area contributed by atoms with Gasteiger partial charge in [0, 0.05) is 6.54 Å². The number of nitrogens with one attached hydrogen (secondary N) is 1. The molecule has 2 aromatic rings. The summed E-state index contributed by atoms with van der Waals surface area (Å²) in [7, 11) is -3.71. The molecule has 6 nitrogen and oxygen atoms in total. The fraction of sp³-hybridized carbons (Fsp3) is 0.412. The van der Waals surface area contributed by atoms with Gasteiger partial charge in [-0.3, -0.25) is 0 Å². The Morgan fingerprint density at radius 2 is 1.83 bits per heavy atom. The number of ether oxygens (including phenoxy) is 1. The lowest BCUT2D eigenvalue weighted by Crippen LogP contribution is -2.28. The van der Waals surface area contributed by atoms with Gasteiger partial charge in [-0.05, 0) is 49.2 Å². The molecule has 0 aliphatic heterocycles. The zero-order valence-electron chi connectivity index (χ0n) is 14.0. The van der Waals surface area contributed by atoms with Crippen LogP contribution in [0.25, 0.3) is 0 Å². The Hall–Kier alpha value is -1.83. The van der Waals surface area contributed by atoms with E-state index < -0.39 is 16.1 Å². The van der Waals surface area contributed by atoms with Gasteiger partial charge >= 0.3 is 0 Å². The van der Waals surface area contributed by atoms with Crippen molar-refractivity contribution < 1.29 is 22.7 Å². The molecule has 24 heavy (non-hydrogen) atoms. The van der Waals surface area contributed by atoms with Crippen LogP contribution in [0.3, 0.4) is 0 Å². The van der Waals surface area contributed by atoms with Gasteiger partial charge in [0.1, 0.15) is 23.4 Å². The van der Waals surface area contributed by atoms with Gasteiger partial charge < -0.3 is 14.3 Å².